The van der Waals surface area contributed by atoms with Gasteiger partial charge in [-0.05, 0) is 30.2 Å². The largest absolute Gasteiger partial charge is 0.468 e. The van der Waals surface area contributed by atoms with Gasteiger partial charge in [-0.2, -0.15) is 0 Å². The second-order valence-corrected chi connectivity index (χ2v) is 5.93. The van der Waals surface area contributed by atoms with Crippen molar-refractivity contribution in [1.29, 1.82) is 0 Å². The molecule has 2 amide bonds. The van der Waals surface area contributed by atoms with E-state index in [-0.39, 0.29) is 6.03 Å². The summed E-state index contributed by atoms with van der Waals surface area (Å²) in [5.74, 6) is 0.974. The minimum absolute atomic E-state index is 0.0194. The summed E-state index contributed by atoms with van der Waals surface area (Å²) in [5, 5.41) is 3.02. The first-order chi connectivity index (χ1) is 11.2. The Morgan fingerprint density at radius 2 is 1.91 bits per heavy atom. The van der Waals surface area contributed by atoms with E-state index in [4.69, 9.17) is 4.42 Å². The van der Waals surface area contributed by atoms with Gasteiger partial charge in [-0.25, -0.2) is 4.79 Å². The number of amides is 2. The van der Waals surface area contributed by atoms with Gasteiger partial charge in [0.1, 0.15) is 5.76 Å². The van der Waals surface area contributed by atoms with Crippen LogP contribution in [0, 0.1) is 6.92 Å². The molecule has 0 spiro atoms. The lowest BCUT2D eigenvalue weighted by Gasteiger charge is -2.34. The van der Waals surface area contributed by atoms with Gasteiger partial charge < -0.3 is 14.6 Å². The second-order valence-electron chi connectivity index (χ2n) is 5.93. The number of carbonyl (C=O) groups excluding carboxylic acids is 1. The fourth-order valence-electron chi connectivity index (χ4n) is 2.82. The molecule has 0 radical (unpaired) electrons. The van der Waals surface area contributed by atoms with Gasteiger partial charge in [0.25, 0.3) is 0 Å². The van der Waals surface area contributed by atoms with Crippen LogP contribution in [0.25, 0.3) is 0 Å². The SMILES string of the molecule is Cc1ccccc1CNC(=O)N1CCN(Cc2ccco2)CC1. The topological polar surface area (TPSA) is 48.7 Å². The van der Waals surface area contributed by atoms with Crippen LogP contribution in [0.5, 0.6) is 0 Å². The van der Waals surface area contributed by atoms with E-state index in [1.165, 1.54) is 5.56 Å². The molecule has 1 N–H and O–H groups in total. The summed E-state index contributed by atoms with van der Waals surface area (Å²) in [6, 6.07) is 12.0. The van der Waals surface area contributed by atoms with Gasteiger partial charge in [0.2, 0.25) is 0 Å². The number of nitrogens with zero attached hydrogens (tertiary/aromatic N) is 2. The third kappa shape index (κ3) is 4.13. The van der Waals surface area contributed by atoms with Crippen LogP contribution in [0.3, 0.4) is 0 Å². The van der Waals surface area contributed by atoms with Gasteiger partial charge in [0.15, 0.2) is 0 Å². The van der Waals surface area contributed by atoms with E-state index < -0.39 is 0 Å². The Morgan fingerprint density at radius 3 is 2.61 bits per heavy atom. The van der Waals surface area contributed by atoms with Crippen molar-refractivity contribution in [2.45, 2.75) is 20.0 Å². The number of rotatable bonds is 4. The molecular formula is C18H23N3O2. The number of hydrogen-bond acceptors (Lipinski definition) is 3. The van der Waals surface area contributed by atoms with E-state index in [1.54, 1.807) is 6.26 Å². The number of nitrogens with one attached hydrogen (secondary N) is 1. The van der Waals surface area contributed by atoms with Gasteiger partial charge in [-0.1, -0.05) is 24.3 Å². The van der Waals surface area contributed by atoms with Crippen LogP contribution in [0.15, 0.2) is 47.1 Å². The number of furan rings is 1. The Morgan fingerprint density at radius 1 is 1.13 bits per heavy atom. The Balaban J connectivity index is 1.44. The van der Waals surface area contributed by atoms with Crippen molar-refractivity contribution in [2.24, 2.45) is 0 Å². The minimum Gasteiger partial charge on any atom is -0.468 e. The Labute approximate surface area is 136 Å². The molecule has 1 saturated heterocycles. The number of hydrogen-bond donors (Lipinski definition) is 1. The second kappa shape index (κ2) is 7.33. The van der Waals surface area contributed by atoms with Crippen molar-refractivity contribution in [3.8, 4) is 0 Å². The standard InChI is InChI=1S/C18H23N3O2/c1-15-5-2-3-6-16(15)13-19-18(22)21-10-8-20(9-11-21)14-17-7-4-12-23-17/h2-7,12H,8-11,13-14H2,1H3,(H,19,22). The first-order valence-corrected chi connectivity index (χ1v) is 8.04. The number of aryl methyl sites for hydroxylation is 1. The van der Waals surface area contributed by atoms with Gasteiger partial charge in [0, 0.05) is 32.7 Å². The number of piperazine rings is 1. The molecule has 3 rings (SSSR count). The molecule has 0 atom stereocenters. The molecule has 0 unspecified atom stereocenters. The van der Waals surface area contributed by atoms with Crippen molar-refractivity contribution >= 4 is 6.03 Å². The highest BCUT2D eigenvalue weighted by molar-refractivity contribution is 5.74. The number of urea groups is 1. The zero-order valence-electron chi connectivity index (χ0n) is 13.5. The van der Waals surface area contributed by atoms with E-state index in [0.717, 1.165) is 44.0 Å². The quantitative estimate of drug-likeness (QED) is 0.944. The molecule has 1 aromatic heterocycles. The average Bonchev–Trinajstić information content (AvgIpc) is 3.07. The summed E-state index contributed by atoms with van der Waals surface area (Å²) in [7, 11) is 0. The van der Waals surface area contributed by atoms with Crippen molar-refractivity contribution in [1.82, 2.24) is 15.1 Å². The van der Waals surface area contributed by atoms with Gasteiger partial charge in [-0.3, -0.25) is 4.90 Å². The third-order valence-electron chi connectivity index (χ3n) is 4.31. The van der Waals surface area contributed by atoms with Crippen LogP contribution in [-0.2, 0) is 13.1 Å². The molecule has 5 heteroatoms. The highest BCUT2D eigenvalue weighted by atomic mass is 16.3. The van der Waals surface area contributed by atoms with Crippen LogP contribution < -0.4 is 5.32 Å². The fourth-order valence-corrected chi connectivity index (χ4v) is 2.82. The number of benzene rings is 1. The van der Waals surface area contributed by atoms with E-state index in [9.17, 15) is 4.79 Å². The van der Waals surface area contributed by atoms with E-state index >= 15 is 0 Å². The molecule has 2 aromatic rings. The van der Waals surface area contributed by atoms with Crippen LogP contribution in [-0.4, -0.2) is 42.0 Å². The molecule has 2 heterocycles. The molecule has 0 saturated carbocycles. The molecule has 1 aromatic carbocycles. The predicted molar refractivity (Wildman–Crippen MR) is 89.0 cm³/mol. The lowest BCUT2D eigenvalue weighted by Crippen LogP contribution is -2.51. The normalized spacial score (nSPS) is 15.6. The molecular weight excluding hydrogens is 290 g/mol. The minimum atomic E-state index is 0.0194. The van der Waals surface area contributed by atoms with Crippen molar-refractivity contribution in [2.75, 3.05) is 26.2 Å². The predicted octanol–water partition coefficient (Wildman–Crippen LogP) is 2.62. The van der Waals surface area contributed by atoms with Crippen molar-refractivity contribution in [3.63, 3.8) is 0 Å². The highest BCUT2D eigenvalue weighted by Crippen LogP contribution is 2.10. The first kappa shape index (κ1) is 15.6. The first-order valence-electron chi connectivity index (χ1n) is 8.04. The molecule has 0 bridgehead atoms. The summed E-state index contributed by atoms with van der Waals surface area (Å²) in [4.78, 5) is 16.5. The van der Waals surface area contributed by atoms with E-state index in [1.807, 2.05) is 29.2 Å². The molecule has 1 fully saturated rings. The molecule has 122 valence electrons. The van der Waals surface area contributed by atoms with E-state index in [0.29, 0.717) is 6.54 Å². The smallest absolute Gasteiger partial charge is 0.317 e. The molecule has 1 aliphatic heterocycles. The van der Waals surface area contributed by atoms with Crippen LogP contribution in [0.1, 0.15) is 16.9 Å². The zero-order chi connectivity index (χ0) is 16.1. The lowest BCUT2D eigenvalue weighted by molar-refractivity contribution is 0.130. The van der Waals surface area contributed by atoms with Gasteiger partial charge in [0.05, 0.1) is 12.8 Å². The average molecular weight is 313 g/mol. The summed E-state index contributed by atoms with van der Waals surface area (Å²) in [5.41, 5.74) is 2.37. The number of carbonyl (C=O) groups is 1. The van der Waals surface area contributed by atoms with Crippen LogP contribution in [0.4, 0.5) is 4.79 Å². The maximum Gasteiger partial charge on any atom is 0.317 e. The Hall–Kier alpha value is -2.27. The molecule has 23 heavy (non-hydrogen) atoms. The third-order valence-corrected chi connectivity index (χ3v) is 4.31. The lowest BCUT2D eigenvalue weighted by atomic mass is 10.1. The summed E-state index contributed by atoms with van der Waals surface area (Å²) < 4.78 is 5.37. The summed E-state index contributed by atoms with van der Waals surface area (Å²) >= 11 is 0. The zero-order valence-corrected chi connectivity index (χ0v) is 13.5. The Kier molecular flexibility index (Phi) is 4.98. The van der Waals surface area contributed by atoms with Crippen molar-refractivity contribution < 1.29 is 9.21 Å². The molecule has 1 aliphatic rings. The van der Waals surface area contributed by atoms with Gasteiger partial charge >= 0.3 is 6.03 Å². The maximum absolute atomic E-state index is 12.3. The summed E-state index contributed by atoms with van der Waals surface area (Å²) in [6.45, 7) is 6.70. The maximum atomic E-state index is 12.3. The van der Waals surface area contributed by atoms with Crippen molar-refractivity contribution in [3.05, 3.63) is 59.5 Å². The molecule has 0 aliphatic carbocycles. The van der Waals surface area contributed by atoms with E-state index in [2.05, 4.69) is 29.3 Å². The highest BCUT2D eigenvalue weighted by Gasteiger charge is 2.21. The van der Waals surface area contributed by atoms with Crippen LogP contribution >= 0.6 is 0 Å². The van der Waals surface area contributed by atoms with Gasteiger partial charge in [-0.15, -0.1) is 0 Å². The summed E-state index contributed by atoms with van der Waals surface area (Å²) in [6.07, 6.45) is 1.70. The van der Waals surface area contributed by atoms with Crippen LogP contribution in [0.2, 0.25) is 0 Å². The fraction of sp³-hybridized carbons (Fsp3) is 0.389. The molecule has 5 nitrogen and oxygen atoms in total. The monoisotopic (exact) mass is 313 g/mol. The Bertz CT molecular complexity index is 631.